The van der Waals surface area contributed by atoms with Crippen LogP contribution in [0.2, 0.25) is 0 Å². The van der Waals surface area contributed by atoms with E-state index in [1.54, 1.807) is 18.2 Å². The maximum Gasteiger partial charge on any atom is 0.284 e. The van der Waals surface area contributed by atoms with Crippen LogP contribution in [-0.2, 0) is 14.8 Å². The molecule has 0 saturated carbocycles. The average molecular weight is 444 g/mol. The molecule has 1 aliphatic heterocycles. The highest BCUT2D eigenvalue weighted by Crippen LogP contribution is 2.34. The van der Waals surface area contributed by atoms with Gasteiger partial charge in [-0.25, -0.2) is 0 Å². The SMILES string of the molecule is C=CCN1C(=O)/C(=C/c2cccc([N+](=O)[O-])c2)SC1=NS(=O)(=O)c1ccc(C)cc1. The minimum atomic E-state index is -4.03. The van der Waals surface area contributed by atoms with Crippen molar-refractivity contribution in [3.63, 3.8) is 0 Å². The second kappa shape index (κ2) is 8.64. The number of carbonyl (C=O) groups excluding carboxylic acids is 1. The van der Waals surface area contributed by atoms with Crippen LogP contribution in [0, 0.1) is 17.0 Å². The first-order valence-corrected chi connectivity index (χ1v) is 11.0. The van der Waals surface area contributed by atoms with E-state index in [2.05, 4.69) is 11.0 Å². The number of nitrogens with zero attached hydrogens (tertiary/aromatic N) is 3. The molecule has 3 rings (SSSR count). The highest BCUT2D eigenvalue weighted by atomic mass is 32.2. The summed E-state index contributed by atoms with van der Waals surface area (Å²) in [4.78, 5) is 24.6. The van der Waals surface area contributed by atoms with Gasteiger partial charge in [-0.1, -0.05) is 35.9 Å². The van der Waals surface area contributed by atoms with Gasteiger partial charge in [0.2, 0.25) is 0 Å². The van der Waals surface area contributed by atoms with Crippen molar-refractivity contribution in [3.8, 4) is 0 Å². The largest absolute Gasteiger partial charge is 0.284 e. The zero-order valence-corrected chi connectivity index (χ0v) is 17.5. The highest BCUT2D eigenvalue weighted by molar-refractivity contribution is 8.19. The Balaban J connectivity index is 1.99. The van der Waals surface area contributed by atoms with Crippen LogP contribution in [0.4, 0.5) is 5.69 Å². The number of nitro benzene ring substituents is 1. The molecule has 0 spiro atoms. The maximum atomic E-state index is 12.8. The van der Waals surface area contributed by atoms with Gasteiger partial charge in [0.05, 0.1) is 14.7 Å². The van der Waals surface area contributed by atoms with Crippen molar-refractivity contribution in [2.24, 2.45) is 4.40 Å². The Kier molecular flexibility index (Phi) is 6.18. The van der Waals surface area contributed by atoms with Crippen molar-refractivity contribution in [2.45, 2.75) is 11.8 Å². The van der Waals surface area contributed by atoms with Crippen LogP contribution in [0.15, 0.2) is 75.4 Å². The van der Waals surface area contributed by atoms with E-state index in [0.29, 0.717) is 5.56 Å². The van der Waals surface area contributed by atoms with Gasteiger partial charge in [-0.2, -0.15) is 8.42 Å². The van der Waals surface area contributed by atoms with Gasteiger partial charge in [0.25, 0.3) is 21.6 Å². The van der Waals surface area contributed by atoms with Crippen molar-refractivity contribution in [3.05, 3.63) is 87.3 Å². The van der Waals surface area contributed by atoms with Crippen LogP contribution in [-0.4, -0.2) is 35.9 Å². The van der Waals surface area contributed by atoms with Gasteiger partial charge in [0, 0.05) is 18.7 Å². The van der Waals surface area contributed by atoms with Gasteiger partial charge in [0.15, 0.2) is 5.17 Å². The van der Waals surface area contributed by atoms with E-state index in [4.69, 9.17) is 0 Å². The number of amides is 1. The lowest BCUT2D eigenvalue weighted by Crippen LogP contribution is -2.29. The van der Waals surface area contributed by atoms with E-state index in [9.17, 15) is 23.3 Å². The number of amidine groups is 1. The number of hydrogen-bond donors (Lipinski definition) is 0. The summed E-state index contributed by atoms with van der Waals surface area (Å²) in [7, 11) is -4.03. The van der Waals surface area contributed by atoms with Crippen molar-refractivity contribution >= 4 is 44.6 Å². The molecule has 2 aromatic rings. The summed E-state index contributed by atoms with van der Waals surface area (Å²) in [6.07, 6.45) is 2.93. The second-order valence-electron chi connectivity index (χ2n) is 6.33. The van der Waals surface area contributed by atoms with E-state index in [1.165, 1.54) is 47.4 Å². The van der Waals surface area contributed by atoms with Crippen molar-refractivity contribution in [1.29, 1.82) is 0 Å². The standard InChI is InChI=1S/C20H17N3O5S2/c1-3-11-22-19(24)18(13-15-5-4-6-16(12-15)23(25)26)29-20(22)21-30(27,28)17-9-7-14(2)8-10-17/h3-10,12-13H,1,11H2,2H3/b18-13-,21-20?. The summed E-state index contributed by atoms with van der Waals surface area (Å²) in [6, 6.07) is 12.0. The molecule has 30 heavy (non-hydrogen) atoms. The maximum absolute atomic E-state index is 12.8. The van der Waals surface area contributed by atoms with Crippen LogP contribution in [0.25, 0.3) is 6.08 Å². The number of benzene rings is 2. The van der Waals surface area contributed by atoms with Crippen LogP contribution < -0.4 is 0 Å². The summed E-state index contributed by atoms with van der Waals surface area (Å²) in [6.45, 7) is 5.50. The zero-order chi connectivity index (χ0) is 21.9. The molecule has 8 nitrogen and oxygen atoms in total. The normalized spacial score (nSPS) is 17.0. The van der Waals surface area contributed by atoms with Crippen LogP contribution in [0.5, 0.6) is 0 Å². The topological polar surface area (TPSA) is 110 Å². The molecule has 10 heteroatoms. The molecule has 1 amide bonds. The molecule has 0 aliphatic carbocycles. The van der Waals surface area contributed by atoms with E-state index < -0.39 is 20.9 Å². The molecule has 1 fully saturated rings. The Morgan fingerprint density at radius 3 is 2.57 bits per heavy atom. The number of aryl methyl sites for hydroxylation is 1. The Labute approximate surface area is 177 Å². The highest BCUT2D eigenvalue weighted by Gasteiger charge is 2.34. The van der Waals surface area contributed by atoms with Crippen LogP contribution >= 0.6 is 11.8 Å². The van der Waals surface area contributed by atoms with E-state index >= 15 is 0 Å². The quantitative estimate of drug-likeness (QED) is 0.291. The van der Waals surface area contributed by atoms with Gasteiger partial charge in [-0.05, 0) is 42.5 Å². The summed E-state index contributed by atoms with van der Waals surface area (Å²) in [5.74, 6) is -0.454. The van der Waals surface area contributed by atoms with Crippen molar-refractivity contribution in [1.82, 2.24) is 4.90 Å². The van der Waals surface area contributed by atoms with Crippen LogP contribution in [0.1, 0.15) is 11.1 Å². The van der Waals surface area contributed by atoms with E-state index in [-0.39, 0.29) is 27.2 Å². The number of nitro groups is 1. The number of hydrogen-bond acceptors (Lipinski definition) is 6. The van der Waals surface area contributed by atoms with Crippen molar-refractivity contribution < 1.29 is 18.1 Å². The first kappa shape index (κ1) is 21.5. The third-order valence-electron chi connectivity index (χ3n) is 4.10. The molecule has 0 aromatic heterocycles. The van der Waals surface area contributed by atoms with Crippen molar-refractivity contribution in [2.75, 3.05) is 6.54 Å². The smallest absolute Gasteiger partial charge is 0.282 e. The molecule has 2 aromatic carbocycles. The molecule has 0 unspecified atom stereocenters. The Morgan fingerprint density at radius 2 is 1.93 bits per heavy atom. The fraction of sp³-hybridized carbons (Fsp3) is 0.100. The zero-order valence-electron chi connectivity index (χ0n) is 15.9. The third kappa shape index (κ3) is 4.66. The van der Waals surface area contributed by atoms with Gasteiger partial charge in [-0.15, -0.1) is 11.0 Å². The minimum absolute atomic E-state index is 0.00263. The lowest BCUT2D eigenvalue weighted by Gasteiger charge is -2.12. The Bertz CT molecular complexity index is 1190. The number of rotatable bonds is 6. The molecule has 1 saturated heterocycles. The van der Waals surface area contributed by atoms with Gasteiger partial charge in [-0.3, -0.25) is 19.8 Å². The van der Waals surface area contributed by atoms with Gasteiger partial charge < -0.3 is 0 Å². The lowest BCUT2D eigenvalue weighted by molar-refractivity contribution is -0.384. The third-order valence-corrected chi connectivity index (χ3v) is 6.50. The predicted octanol–water partition coefficient (Wildman–Crippen LogP) is 3.75. The molecule has 1 heterocycles. The van der Waals surface area contributed by atoms with Gasteiger partial charge >= 0.3 is 0 Å². The molecule has 0 bridgehead atoms. The number of sulfonamides is 1. The predicted molar refractivity (Wildman–Crippen MR) is 116 cm³/mol. The van der Waals surface area contributed by atoms with Crippen LogP contribution in [0.3, 0.4) is 0 Å². The van der Waals surface area contributed by atoms with Gasteiger partial charge in [0.1, 0.15) is 0 Å². The first-order chi connectivity index (χ1) is 14.2. The molecule has 1 aliphatic rings. The monoisotopic (exact) mass is 443 g/mol. The molecule has 154 valence electrons. The molecular weight excluding hydrogens is 426 g/mol. The van der Waals surface area contributed by atoms with E-state index in [1.807, 2.05) is 6.92 Å². The Hall–Kier alpha value is -3.24. The summed E-state index contributed by atoms with van der Waals surface area (Å²) >= 11 is 0.891. The summed E-state index contributed by atoms with van der Waals surface area (Å²) in [5.41, 5.74) is 1.24. The minimum Gasteiger partial charge on any atom is -0.282 e. The second-order valence-corrected chi connectivity index (χ2v) is 8.94. The Morgan fingerprint density at radius 1 is 1.23 bits per heavy atom. The number of non-ortho nitro benzene ring substituents is 1. The fourth-order valence-electron chi connectivity index (χ4n) is 2.61. The average Bonchev–Trinajstić information content (AvgIpc) is 2.97. The molecule has 0 radical (unpaired) electrons. The summed E-state index contributed by atoms with van der Waals surface area (Å²) in [5, 5.41) is 11.0. The number of carbonyl (C=O) groups is 1. The fourth-order valence-corrected chi connectivity index (χ4v) is 4.80. The molecule has 0 atom stereocenters. The lowest BCUT2D eigenvalue weighted by atomic mass is 10.2. The van der Waals surface area contributed by atoms with E-state index in [0.717, 1.165) is 17.3 Å². The summed E-state index contributed by atoms with van der Waals surface area (Å²) < 4.78 is 29.2. The number of thioether (sulfide) groups is 1. The molecular formula is C20H17N3O5S2. The first-order valence-electron chi connectivity index (χ1n) is 8.69. The molecule has 0 N–H and O–H groups in total.